The van der Waals surface area contributed by atoms with Gasteiger partial charge in [-0.3, -0.25) is 0 Å². The van der Waals surface area contributed by atoms with Crippen LogP contribution in [0.15, 0.2) is 48.5 Å². The molecule has 106 valence electrons. The van der Waals surface area contributed by atoms with Gasteiger partial charge in [0, 0.05) is 5.56 Å². The number of ether oxygens (including phenoxy) is 1. The number of aromatic nitrogens is 2. The molecule has 1 N–H and O–H groups in total. The average molecular weight is 280 g/mol. The Hall–Kier alpha value is -2.62. The number of hydrogen-bond acceptors (Lipinski definition) is 3. The number of esters is 1. The largest absolute Gasteiger partial charge is 0.462 e. The smallest absolute Gasteiger partial charge is 0.338 e. The topological polar surface area (TPSA) is 55.0 Å². The lowest BCUT2D eigenvalue weighted by molar-refractivity contribution is 0.0505. The Morgan fingerprint density at radius 1 is 1.19 bits per heavy atom. The second-order valence-electron chi connectivity index (χ2n) is 4.82. The molecule has 0 aliphatic rings. The van der Waals surface area contributed by atoms with Gasteiger partial charge in [-0.25, -0.2) is 9.78 Å². The molecule has 4 nitrogen and oxygen atoms in total. The molecule has 1 heterocycles. The van der Waals surface area contributed by atoms with Gasteiger partial charge in [0.2, 0.25) is 0 Å². The van der Waals surface area contributed by atoms with Crippen molar-refractivity contribution in [1.29, 1.82) is 0 Å². The van der Waals surface area contributed by atoms with E-state index in [0.29, 0.717) is 12.2 Å². The van der Waals surface area contributed by atoms with E-state index in [0.717, 1.165) is 28.8 Å². The van der Waals surface area contributed by atoms with Crippen LogP contribution in [-0.4, -0.2) is 22.5 Å². The van der Waals surface area contributed by atoms with Gasteiger partial charge < -0.3 is 9.72 Å². The molecule has 0 saturated carbocycles. The summed E-state index contributed by atoms with van der Waals surface area (Å²) in [6.45, 7) is 2.41. The van der Waals surface area contributed by atoms with E-state index in [-0.39, 0.29) is 5.97 Å². The number of aromatic amines is 1. The van der Waals surface area contributed by atoms with E-state index >= 15 is 0 Å². The van der Waals surface area contributed by atoms with Gasteiger partial charge in [0.15, 0.2) is 0 Å². The monoisotopic (exact) mass is 280 g/mol. The van der Waals surface area contributed by atoms with Gasteiger partial charge in [-0.1, -0.05) is 37.3 Å². The maximum atomic E-state index is 11.9. The molecule has 3 aromatic rings. The molecule has 0 aliphatic heterocycles. The first-order valence-corrected chi connectivity index (χ1v) is 7.00. The van der Waals surface area contributed by atoms with E-state index in [4.69, 9.17) is 4.74 Å². The fraction of sp³-hybridized carbons (Fsp3) is 0.176. The highest BCUT2D eigenvalue weighted by Gasteiger charge is 2.10. The van der Waals surface area contributed by atoms with Crippen molar-refractivity contribution in [2.45, 2.75) is 13.3 Å². The predicted molar refractivity (Wildman–Crippen MR) is 82.1 cm³/mol. The van der Waals surface area contributed by atoms with Crippen LogP contribution >= 0.6 is 0 Å². The summed E-state index contributed by atoms with van der Waals surface area (Å²) in [5.74, 6) is 0.499. The zero-order valence-electron chi connectivity index (χ0n) is 11.8. The van der Waals surface area contributed by atoms with Crippen LogP contribution in [0.4, 0.5) is 0 Å². The molecule has 4 heteroatoms. The number of carbonyl (C=O) groups is 1. The number of benzene rings is 2. The van der Waals surface area contributed by atoms with E-state index < -0.39 is 0 Å². The molecule has 0 bridgehead atoms. The minimum absolute atomic E-state index is 0.297. The van der Waals surface area contributed by atoms with E-state index in [9.17, 15) is 4.79 Å². The molecular formula is C17H16N2O2. The standard InChI is InChI=1S/C17H16N2O2/c1-2-10-21-17(20)13-8-9-14-15(11-13)19-16(18-14)12-6-4-3-5-7-12/h3-9,11H,2,10H2,1H3,(H,18,19). The van der Waals surface area contributed by atoms with Gasteiger partial charge in [-0.15, -0.1) is 0 Å². The molecule has 0 saturated heterocycles. The van der Waals surface area contributed by atoms with Crippen molar-refractivity contribution in [2.75, 3.05) is 6.61 Å². The van der Waals surface area contributed by atoms with Crippen molar-refractivity contribution in [2.24, 2.45) is 0 Å². The normalized spacial score (nSPS) is 10.7. The van der Waals surface area contributed by atoms with Crippen LogP contribution < -0.4 is 0 Å². The summed E-state index contributed by atoms with van der Waals surface area (Å²) in [7, 11) is 0. The first-order valence-electron chi connectivity index (χ1n) is 7.00. The number of fused-ring (bicyclic) bond motifs is 1. The van der Waals surface area contributed by atoms with Gasteiger partial charge in [0.25, 0.3) is 0 Å². The van der Waals surface area contributed by atoms with Crippen LogP contribution in [0.5, 0.6) is 0 Å². The first-order chi connectivity index (χ1) is 10.3. The average Bonchev–Trinajstić information content (AvgIpc) is 2.96. The zero-order valence-corrected chi connectivity index (χ0v) is 11.8. The summed E-state index contributed by atoms with van der Waals surface area (Å²) in [5.41, 5.74) is 3.23. The number of nitrogens with zero attached hydrogens (tertiary/aromatic N) is 1. The van der Waals surface area contributed by atoms with Gasteiger partial charge in [-0.2, -0.15) is 0 Å². The van der Waals surface area contributed by atoms with Gasteiger partial charge in [-0.05, 0) is 24.6 Å². The highest BCUT2D eigenvalue weighted by Crippen LogP contribution is 2.21. The highest BCUT2D eigenvalue weighted by molar-refractivity contribution is 5.94. The maximum Gasteiger partial charge on any atom is 0.338 e. The molecule has 0 spiro atoms. The Morgan fingerprint density at radius 2 is 2.00 bits per heavy atom. The third kappa shape index (κ3) is 2.79. The van der Waals surface area contributed by atoms with Crippen molar-refractivity contribution < 1.29 is 9.53 Å². The molecule has 21 heavy (non-hydrogen) atoms. The Bertz CT molecular complexity index is 763. The second kappa shape index (κ2) is 5.79. The predicted octanol–water partition coefficient (Wildman–Crippen LogP) is 3.80. The summed E-state index contributed by atoms with van der Waals surface area (Å²) >= 11 is 0. The number of H-pyrrole nitrogens is 1. The summed E-state index contributed by atoms with van der Waals surface area (Å²) in [5, 5.41) is 0. The quantitative estimate of drug-likeness (QED) is 0.740. The van der Waals surface area contributed by atoms with Crippen LogP contribution in [0.3, 0.4) is 0 Å². The Labute approximate surface area is 122 Å². The van der Waals surface area contributed by atoms with Crippen molar-refractivity contribution in [3.8, 4) is 11.4 Å². The first kappa shape index (κ1) is 13.4. The van der Waals surface area contributed by atoms with Crippen LogP contribution in [-0.2, 0) is 4.74 Å². The SMILES string of the molecule is CCCOC(=O)c1ccc2nc(-c3ccccc3)[nH]c2c1. The third-order valence-corrected chi connectivity index (χ3v) is 3.20. The van der Waals surface area contributed by atoms with Crippen LogP contribution in [0.2, 0.25) is 0 Å². The zero-order chi connectivity index (χ0) is 14.7. The fourth-order valence-corrected chi connectivity index (χ4v) is 2.15. The fourth-order valence-electron chi connectivity index (χ4n) is 2.15. The lowest BCUT2D eigenvalue weighted by atomic mass is 10.2. The van der Waals surface area contributed by atoms with Gasteiger partial charge in [0.1, 0.15) is 5.82 Å². The molecule has 0 amide bonds. The minimum Gasteiger partial charge on any atom is -0.462 e. The molecule has 0 unspecified atom stereocenters. The molecule has 0 radical (unpaired) electrons. The van der Waals surface area contributed by atoms with Gasteiger partial charge >= 0.3 is 5.97 Å². The Balaban J connectivity index is 1.94. The number of carbonyl (C=O) groups excluding carboxylic acids is 1. The number of imidazole rings is 1. The lowest BCUT2D eigenvalue weighted by Gasteiger charge is -2.02. The number of hydrogen-bond donors (Lipinski definition) is 1. The maximum absolute atomic E-state index is 11.9. The molecule has 0 aliphatic carbocycles. The molecular weight excluding hydrogens is 264 g/mol. The highest BCUT2D eigenvalue weighted by atomic mass is 16.5. The second-order valence-corrected chi connectivity index (χ2v) is 4.82. The summed E-state index contributed by atoms with van der Waals surface area (Å²) in [6.07, 6.45) is 0.816. The minimum atomic E-state index is -0.297. The Kier molecular flexibility index (Phi) is 3.69. The number of rotatable bonds is 4. The molecule has 0 fully saturated rings. The van der Waals surface area contributed by atoms with Crippen LogP contribution in [0, 0.1) is 0 Å². The molecule has 0 atom stereocenters. The van der Waals surface area contributed by atoms with Crippen LogP contribution in [0.1, 0.15) is 23.7 Å². The summed E-state index contributed by atoms with van der Waals surface area (Å²) in [6, 6.07) is 15.3. The summed E-state index contributed by atoms with van der Waals surface area (Å²) < 4.78 is 5.14. The van der Waals surface area contributed by atoms with Crippen molar-refractivity contribution in [1.82, 2.24) is 9.97 Å². The van der Waals surface area contributed by atoms with Crippen molar-refractivity contribution >= 4 is 17.0 Å². The van der Waals surface area contributed by atoms with Crippen LogP contribution in [0.25, 0.3) is 22.4 Å². The molecule has 3 rings (SSSR count). The van der Waals surface area contributed by atoms with E-state index in [1.807, 2.05) is 43.3 Å². The number of nitrogens with one attached hydrogen (secondary N) is 1. The van der Waals surface area contributed by atoms with Crippen molar-refractivity contribution in [3.05, 3.63) is 54.1 Å². The van der Waals surface area contributed by atoms with Gasteiger partial charge in [0.05, 0.1) is 23.2 Å². The molecule has 2 aromatic carbocycles. The van der Waals surface area contributed by atoms with E-state index in [1.165, 1.54) is 0 Å². The van der Waals surface area contributed by atoms with E-state index in [1.54, 1.807) is 12.1 Å². The van der Waals surface area contributed by atoms with E-state index in [2.05, 4.69) is 9.97 Å². The lowest BCUT2D eigenvalue weighted by Crippen LogP contribution is -2.05. The summed E-state index contributed by atoms with van der Waals surface area (Å²) in [4.78, 5) is 19.6. The molecule has 1 aromatic heterocycles. The Morgan fingerprint density at radius 3 is 2.76 bits per heavy atom. The third-order valence-electron chi connectivity index (χ3n) is 3.20. The van der Waals surface area contributed by atoms with Crippen molar-refractivity contribution in [3.63, 3.8) is 0 Å².